The van der Waals surface area contributed by atoms with Gasteiger partial charge < -0.3 is 5.32 Å². The highest BCUT2D eigenvalue weighted by Crippen LogP contribution is 2.32. The van der Waals surface area contributed by atoms with E-state index in [0.29, 0.717) is 5.02 Å². The number of fused-ring (bicyclic) bond motifs is 1. The number of halogens is 2. The van der Waals surface area contributed by atoms with Gasteiger partial charge in [0.15, 0.2) is 0 Å². The van der Waals surface area contributed by atoms with Crippen molar-refractivity contribution in [3.05, 3.63) is 81.8 Å². The van der Waals surface area contributed by atoms with Gasteiger partial charge in [-0.05, 0) is 55.8 Å². The van der Waals surface area contributed by atoms with Gasteiger partial charge in [-0.15, -0.1) is 0 Å². The lowest BCUT2D eigenvalue weighted by atomic mass is 10.1. The lowest BCUT2D eigenvalue weighted by molar-refractivity contribution is -0.118. The number of hydrogen-bond acceptors (Lipinski definition) is 2. The number of aromatic nitrogens is 2. The molecule has 1 aromatic heterocycles. The first-order chi connectivity index (χ1) is 13.9. The number of nitrogens with one attached hydrogen (secondary N) is 1. The van der Waals surface area contributed by atoms with Gasteiger partial charge in [-0.2, -0.15) is 5.10 Å². The molecule has 1 atom stereocenters. The zero-order valence-corrected chi connectivity index (χ0v) is 18.3. The number of rotatable bonds is 4. The molecule has 0 bridgehead atoms. The van der Waals surface area contributed by atoms with Crippen LogP contribution in [0.2, 0.25) is 5.02 Å². The molecule has 0 spiro atoms. The lowest BCUT2D eigenvalue weighted by Crippen LogP contribution is -2.24. The summed E-state index contributed by atoms with van der Waals surface area (Å²) in [5.74, 6) is -0.134. The molecular weight excluding hydrogens is 450 g/mol. The van der Waals surface area contributed by atoms with Crippen LogP contribution in [0.3, 0.4) is 0 Å². The van der Waals surface area contributed by atoms with Crippen molar-refractivity contribution in [1.82, 2.24) is 9.78 Å². The van der Waals surface area contributed by atoms with E-state index < -0.39 is 6.04 Å². The van der Waals surface area contributed by atoms with E-state index in [0.717, 1.165) is 37.9 Å². The Morgan fingerprint density at radius 1 is 1.10 bits per heavy atom. The number of aryl methyl sites for hydroxylation is 1. The summed E-state index contributed by atoms with van der Waals surface area (Å²) < 4.78 is 2.76. The fraction of sp³-hybridized carbons (Fsp3) is 0.130. The van der Waals surface area contributed by atoms with Crippen LogP contribution in [0.1, 0.15) is 18.5 Å². The summed E-state index contributed by atoms with van der Waals surface area (Å²) in [7, 11) is 0. The van der Waals surface area contributed by atoms with Crippen molar-refractivity contribution < 1.29 is 4.79 Å². The second-order valence-corrected chi connectivity index (χ2v) is 8.24. The van der Waals surface area contributed by atoms with Crippen LogP contribution in [0.25, 0.3) is 22.2 Å². The third-order valence-corrected chi connectivity index (χ3v) is 6.01. The van der Waals surface area contributed by atoms with Crippen molar-refractivity contribution >= 4 is 50.0 Å². The normalized spacial score (nSPS) is 12.1. The molecule has 1 N–H and O–H groups in total. The molecule has 146 valence electrons. The lowest BCUT2D eigenvalue weighted by Gasteiger charge is -2.14. The first-order valence-corrected chi connectivity index (χ1v) is 10.4. The van der Waals surface area contributed by atoms with Crippen LogP contribution in [0.5, 0.6) is 0 Å². The number of hydrogen-bond donors (Lipinski definition) is 1. The fourth-order valence-corrected chi connectivity index (χ4v) is 3.72. The van der Waals surface area contributed by atoms with Gasteiger partial charge in [0.05, 0.1) is 5.52 Å². The standard InChI is InChI=1S/C23H19BrClN3O/c1-14-12-18(9-10-20(14)24)26-23(29)15(2)28-21-11-8-17(25)13-19(21)22(27-28)16-6-4-3-5-7-16/h3-13,15H,1-2H3,(H,26,29)/t15-/m1/s1. The van der Waals surface area contributed by atoms with Gasteiger partial charge in [-0.25, -0.2) is 0 Å². The molecule has 0 saturated carbocycles. The second-order valence-electron chi connectivity index (χ2n) is 6.95. The first kappa shape index (κ1) is 19.7. The fourth-order valence-electron chi connectivity index (χ4n) is 3.30. The number of anilines is 1. The van der Waals surface area contributed by atoms with E-state index in [1.54, 1.807) is 4.68 Å². The Morgan fingerprint density at radius 3 is 2.59 bits per heavy atom. The Hall–Kier alpha value is -2.63. The van der Waals surface area contributed by atoms with E-state index >= 15 is 0 Å². The van der Waals surface area contributed by atoms with Crippen molar-refractivity contribution in [3.8, 4) is 11.3 Å². The number of carbonyl (C=O) groups is 1. The van der Waals surface area contributed by atoms with Crippen molar-refractivity contribution in [2.45, 2.75) is 19.9 Å². The maximum atomic E-state index is 13.0. The zero-order valence-electron chi connectivity index (χ0n) is 16.0. The third kappa shape index (κ3) is 3.93. The molecule has 0 aliphatic rings. The molecule has 4 rings (SSSR count). The van der Waals surface area contributed by atoms with Crippen LogP contribution in [-0.2, 0) is 4.79 Å². The molecule has 6 heteroatoms. The predicted molar refractivity (Wildman–Crippen MR) is 122 cm³/mol. The Bertz CT molecular complexity index is 1200. The summed E-state index contributed by atoms with van der Waals surface area (Å²) in [4.78, 5) is 13.0. The largest absolute Gasteiger partial charge is 0.324 e. The monoisotopic (exact) mass is 467 g/mol. The van der Waals surface area contributed by atoms with Crippen LogP contribution in [0.4, 0.5) is 5.69 Å². The SMILES string of the molecule is Cc1cc(NC(=O)[C@@H](C)n2nc(-c3ccccc3)c3cc(Cl)ccc32)ccc1Br. The maximum Gasteiger partial charge on any atom is 0.248 e. The zero-order chi connectivity index (χ0) is 20.5. The average Bonchev–Trinajstić information content (AvgIpc) is 3.09. The molecular formula is C23H19BrClN3O. The summed E-state index contributed by atoms with van der Waals surface area (Å²) in [6.45, 7) is 3.83. The van der Waals surface area contributed by atoms with Crippen molar-refractivity contribution in [3.63, 3.8) is 0 Å². The van der Waals surface area contributed by atoms with Crippen molar-refractivity contribution in [2.24, 2.45) is 0 Å². The van der Waals surface area contributed by atoms with Crippen LogP contribution in [0, 0.1) is 6.92 Å². The van der Waals surface area contributed by atoms with Gasteiger partial charge in [0.25, 0.3) is 0 Å². The van der Waals surface area contributed by atoms with E-state index in [1.165, 1.54) is 0 Å². The minimum absolute atomic E-state index is 0.134. The van der Waals surface area contributed by atoms with E-state index in [-0.39, 0.29) is 5.91 Å². The quantitative estimate of drug-likeness (QED) is 0.365. The van der Waals surface area contributed by atoms with Gasteiger partial charge in [-0.1, -0.05) is 57.9 Å². The van der Waals surface area contributed by atoms with Crippen LogP contribution < -0.4 is 5.32 Å². The molecule has 0 aliphatic carbocycles. The topological polar surface area (TPSA) is 46.9 Å². The Labute approximate surface area is 182 Å². The van der Waals surface area contributed by atoms with Gasteiger partial charge in [0.1, 0.15) is 11.7 Å². The molecule has 4 nitrogen and oxygen atoms in total. The number of amides is 1. The third-order valence-electron chi connectivity index (χ3n) is 4.89. The van der Waals surface area contributed by atoms with Crippen molar-refractivity contribution in [2.75, 3.05) is 5.32 Å². The Balaban J connectivity index is 1.73. The molecule has 1 heterocycles. The molecule has 0 aliphatic heterocycles. The molecule has 0 radical (unpaired) electrons. The predicted octanol–water partition coefficient (Wildman–Crippen LogP) is 6.63. The number of carbonyl (C=O) groups excluding carboxylic acids is 1. The molecule has 0 unspecified atom stereocenters. The van der Waals surface area contributed by atoms with E-state index in [4.69, 9.17) is 16.7 Å². The van der Waals surface area contributed by atoms with E-state index in [1.807, 2.05) is 80.6 Å². The average molecular weight is 469 g/mol. The summed E-state index contributed by atoms with van der Waals surface area (Å²) >= 11 is 9.73. The smallest absolute Gasteiger partial charge is 0.248 e. The molecule has 3 aromatic carbocycles. The molecule has 1 amide bonds. The van der Waals surface area contributed by atoms with E-state index in [2.05, 4.69) is 21.2 Å². The van der Waals surface area contributed by atoms with Crippen LogP contribution in [0.15, 0.2) is 71.2 Å². The van der Waals surface area contributed by atoms with Crippen molar-refractivity contribution in [1.29, 1.82) is 0 Å². The van der Waals surface area contributed by atoms with Gasteiger partial charge in [0.2, 0.25) is 5.91 Å². The Morgan fingerprint density at radius 2 is 1.86 bits per heavy atom. The van der Waals surface area contributed by atoms with Crippen LogP contribution in [-0.4, -0.2) is 15.7 Å². The molecule has 0 fully saturated rings. The summed E-state index contributed by atoms with van der Waals surface area (Å²) in [5.41, 5.74) is 4.46. The highest BCUT2D eigenvalue weighted by atomic mass is 79.9. The maximum absolute atomic E-state index is 13.0. The second kappa shape index (κ2) is 8.01. The first-order valence-electron chi connectivity index (χ1n) is 9.24. The summed E-state index contributed by atoms with van der Waals surface area (Å²) in [5, 5.41) is 9.33. The summed E-state index contributed by atoms with van der Waals surface area (Å²) in [6, 6.07) is 20.8. The van der Waals surface area contributed by atoms with Crippen LogP contribution >= 0.6 is 27.5 Å². The minimum atomic E-state index is -0.500. The minimum Gasteiger partial charge on any atom is -0.324 e. The number of nitrogens with zero attached hydrogens (tertiary/aromatic N) is 2. The van der Waals surface area contributed by atoms with Gasteiger partial charge in [-0.3, -0.25) is 9.48 Å². The number of benzene rings is 3. The van der Waals surface area contributed by atoms with Gasteiger partial charge in [0, 0.05) is 26.1 Å². The molecule has 0 saturated heterocycles. The van der Waals surface area contributed by atoms with E-state index in [9.17, 15) is 4.79 Å². The summed E-state index contributed by atoms with van der Waals surface area (Å²) in [6.07, 6.45) is 0. The molecule has 4 aromatic rings. The highest BCUT2D eigenvalue weighted by Gasteiger charge is 2.21. The highest BCUT2D eigenvalue weighted by molar-refractivity contribution is 9.10. The Kier molecular flexibility index (Phi) is 5.43. The van der Waals surface area contributed by atoms with Gasteiger partial charge >= 0.3 is 0 Å². The molecule has 29 heavy (non-hydrogen) atoms.